The molecule has 1 aliphatic carbocycles. The average Bonchev–Trinajstić information content (AvgIpc) is 2.31. The van der Waals surface area contributed by atoms with Crippen molar-refractivity contribution < 1.29 is 14.6 Å². The van der Waals surface area contributed by atoms with E-state index in [1.165, 1.54) is 0 Å². The Hall–Kier alpha value is -1.58. The third kappa shape index (κ3) is 2.15. The van der Waals surface area contributed by atoms with Crippen LogP contribution in [0, 0.1) is 0 Å². The zero-order chi connectivity index (χ0) is 11.4. The summed E-state index contributed by atoms with van der Waals surface area (Å²) in [4.78, 5) is 15.2. The highest BCUT2D eigenvalue weighted by atomic mass is 16.5. The van der Waals surface area contributed by atoms with Crippen LogP contribution >= 0.6 is 0 Å². The van der Waals surface area contributed by atoms with Gasteiger partial charge in [0.2, 0.25) is 5.60 Å². The standard InChI is InChI=1S/C12H15NO3/c14-11(15)12(6-2-1-3-7-12)16-10-4-8-13-9-5-10/h4-5,8-9H,1-3,6-7H2,(H,14,15). The van der Waals surface area contributed by atoms with Crippen molar-refractivity contribution in [2.24, 2.45) is 0 Å². The van der Waals surface area contributed by atoms with Crippen molar-refractivity contribution in [2.75, 3.05) is 0 Å². The molecule has 0 amide bonds. The van der Waals surface area contributed by atoms with Gasteiger partial charge < -0.3 is 9.84 Å². The van der Waals surface area contributed by atoms with Gasteiger partial charge in [-0.15, -0.1) is 0 Å². The maximum atomic E-state index is 11.3. The molecular weight excluding hydrogens is 206 g/mol. The van der Waals surface area contributed by atoms with Gasteiger partial charge in [0.15, 0.2) is 0 Å². The van der Waals surface area contributed by atoms with E-state index in [4.69, 9.17) is 4.74 Å². The quantitative estimate of drug-likeness (QED) is 0.850. The number of nitrogens with zero attached hydrogens (tertiary/aromatic N) is 1. The number of carboxylic acids is 1. The van der Waals surface area contributed by atoms with Crippen molar-refractivity contribution in [3.8, 4) is 5.75 Å². The number of carbonyl (C=O) groups is 1. The Morgan fingerprint density at radius 1 is 1.25 bits per heavy atom. The summed E-state index contributed by atoms with van der Waals surface area (Å²) in [7, 11) is 0. The number of aromatic nitrogens is 1. The summed E-state index contributed by atoms with van der Waals surface area (Å²) in [5.74, 6) is -0.275. The van der Waals surface area contributed by atoms with Crippen LogP contribution < -0.4 is 4.74 Å². The summed E-state index contributed by atoms with van der Waals surface area (Å²) in [6.07, 6.45) is 7.31. The predicted octanol–water partition coefficient (Wildman–Crippen LogP) is 2.25. The summed E-state index contributed by atoms with van der Waals surface area (Å²) >= 11 is 0. The number of hydrogen-bond donors (Lipinski definition) is 1. The molecule has 0 saturated heterocycles. The molecule has 1 aromatic heterocycles. The highest BCUT2D eigenvalue weighted by Gasteiger charge is 2.42. The number of carboxylic acid groups (broad SMARTS) is 1. The second-order valence-corrected chi connectivity index (χ2v) is 4.15. The Bertz CT molecular complexity index is 358. The maximum Gasteiger partial charge on any atom is 0.348 e. The number of rotatable bonds is 3. The molecule has 1 saturated carbocycles. The molecule has 2 rings (SSSR count). The molecule has 0 atom stereocenters. The van der Waals surface area contributed by atoms with Gasteiger partial charge >= 0.3 is 5.97 Å². The van der Waals surface area contributed by atoms with Gasteiger partial charge in [0, 0.05) is 12.4 Å². The summed E-state index contributed by atoms with van der Waals surface area (Å²) in [6.45, 7) is 0. The lowest BCUT2D eigenvalue weighted by molar-refractivity contribution is -0.158. The molecule has 0 unspecified atom stereocenters. The zero-order valence-electron chi connectivity index (χ0n) is 9.06. The van der Waals surface area contributed by atoms with Crippen LogP contribution in [0.4, 0.5) is 0 Å². The highest BCUT2D eigenvalue weighted by molar-refractivity contribution is 5.78. The van der Waals surface area contributed by atoms with Crippen molar-refractivity contribution in [3.05, 3.63) is 24.5 Å². The molecule has 1 aromatic rings. The minimum Gasteiger partial charge on any atom is -0.478 e. The first-order valence-electron chi connectivity index (χ1n) is 5.55. The third-order valence-corrected chi connectivity index (χ3v) is 3.01. The molecule has 4 nitrogen and oxygen atoms in total. The van der Waals surface area contributed by atoms with Crippen LogP contribution in [0.25, 0.3) is 0 Å². The van der Waals surface area contributed by atoms with Crippen molar-refractivity contribution in [1.29, 1.82) is 0 Å². The van der Waals surface area contributed by atoms with Gasteiger partial charge in [0.25, 0.3) is 0 Å². The van der Waals surface area contributed by atoms with Gasteiger partial charge in [0.1, 0.15) is 5.75 Å². The Balaban J connectivity index is 2.17. The Morgan fingerprint density at radius 2 is 1.88 bits per heavy atom. The summed E-state index contributed by atoms with van der Waals surface area (Å²) in [6, 6.07) is 3.39. The molecule has 4 heteroatoms. The molecule has 16 heavy (non-hydrogen) atoms. The lowest BCUT2D eigenvalue weighted by Gasteiger charge is -2.33. The monoisotopic (exact) mass is 221 g/mol. The third-order valence-electron chi connectivity index (χ3n) is 3.01. The van der Waals surface area contributed by atoms with Crippen LogP contribution in [0.2, 0.25) is 0 Å². The first-order valence-corrected chi connectivity index (χ1v) is 5.55. The molecule has 0 aromatic carbocycles. The number of hydrogen-bond acceptors (Lipinski definition) is 3. The second-order valence-electron chi connectivity index (χ2n) is 4.15. The second kappa shape index (κ2) is 4.51. The topological polar surface area (TPSA) is 59.4 Å². The lowest BCUT2D eigenvalue weighted by Crippen LogP contribution is -2.46. The van der Waals surface area contributed by atoms with Crippen molar-refractivity contribution in [3.63, 3.8) is 0 Å². The van der Waals surface area contributed by atoms with E-state index in [-0.39, 0.29) is 0 Å². The Labute approximate surface area is 94.3 Å². The molecule has 0 spiro atoms. The molecule has 0 aliphatic heterocycles. The first kappa shape index (κ1) is 10.9. The fourth-order valence-electron chi connectivity index (χ4n) is 2.11. The van der Waals surface area contributed by atoms with Crippen molar-refractivity contribution >= 4 is 5.97 Å². The number of ether oxygens (including phenoxy) is 1. The van der Waals surface area contributed by atoms with Gasteiger partial charge in [-0.1, -0.05) is 6.42 Å². The molecule has 1 aliphatic rings. The SMILES string of the molecule is O=C(O)C1(Oc2ccncc2)CCCCC1. The van der Waals surface area contributed by atoms with Crippen LogP contribution in [-0.2, 0) is 4.79 Å². The van der Waals surface area contributed by atoms with E-state index in [9.17, 15) is 9.90 Å². The van der Waals surface area contributed by atoms with Gasteiger partial charge in [-0.2, -0.15) is 0 Å². The first-order chi connectivity index (χ1) is 7.73. The van der Waals surface area contributed by atoms with E-state index in [0.717, 1.165) is 19.3 Å². The van der Waals surface area contributed by atoms with E-state index in [0.29, 0.717) is 18.6 Å². The van der Waals surface area contributed by atoms with Crippen LogP contribution in [-0.4, -0.2) is 21.7 Å². The normalized spacial score (nSPS) is 19.0. The molecule has 1 fully saturated rings. The number of aliphatic carboxylic acids is 1. The van der Waals surface area contributed by atoms with Crippen LogP contribution in [0.1, 0.15) is 32.1 Å². The average molecular weight is 221 g/mol. The van der Waals surface area contributed by atoms with E-state index in [1.54, 1.807) is 24.5 Å². The fourth-order valence-corrected chi connectivity index (χ4v) is 2.11. The maximum absolute atomic E-state index is 11.3. The minimum atomic E-state index is -1.03. The van der Waals surface area contributed by atoms with E-state index in [1.807, 2.05) is 0 Å². The minimum absolute atomic E-state index is 0.583. The van der Waals surface area contributed by atoms with E-state index in [2.05, 4.69) is 4.98 Å². The fraction of sp³-hybridized carbons (Fsp3) is 0.500. The van der Waals surface area contributed by atoms with E-state index < -0.39 is 11.6 Å². The molecule has 1 heterocycles. The van der Waals surface area contributed by atoms with Crippen LogP contribution in [0.3, 0.4) is 0 Å². The van der Waals surface area contributed by atoms with Gasteiger partial charge in [-0.05, 0) is 37.8 Å². The summed E-state index contributed by atoms with van der Waals surface area (Å²) in [5.41, 5.74) is -1.03. The lowest BCUT2D eigenvalue weighted by atomic mass is 9.84. The molecule has 1 N–H and O–H groups in total. The van der Waals surface area contributed by atoms with Crippen molar-refractivity contribution in [2.45, 2.75) is 37.7 Å². The van der Waals surface area contributed by atoms with E-state index >= 15 is 0 Å². The van der Waals surface area contributed by atoms with Gasteiger partial charge in [-0.25, -0.2) is 4.79 Å². The van der Waals surface area contributed by atoms with Crippen LogP contribution in [0.15, 0.2) is 24.5 Å². The number of pyridine rings is 1. The van der Waals surface area contributed by atoms with Gasteiger partial charge in [0.05, 0.1) is 0 Å². The largest absolute Gasteiger partial charge is 0.478 e. The summed E-state index contributed by atoms with van der Waals surface area (Å²) < 4.78 is 5.66. The van der Waals surface area contributed by atoms with Crippen molar-refractivity contribution in [1.82, 2.24) is 4.98 Å². The Kier molecular flexibility index (Phi) is 3.08. The highest BCUT2D eigenvalue weighted by Crippen LogP contribution is 2.33. The molecule has 86 valence electrons. The zero-order valence-corrected chi connectivity index (χ0v) is 9.06. The van der Waals surface area contributed by atoms with Gasteiger partial charge in [-0.3, -0.25) is 4.98 Å². The molecular formula is C12H15NO3. The van der Waals surface area contributed by atoms with Crippen LogP contribution in [0.5, 0.6) is 5.75 Å². The molecule has 0 bridgehead atoms. The predicted molar refractivity (Wildman–Crippen MR) is 58.3 cm³/mol. The summed E-state index contributed by atoms with van der Waals surface area (Å²) in [5, 5.41) is 9.31. The molecule has 0 radical (unpaired) electrons. The Morgan fingerprint density at radius 3 is 2.44 bits per heavy atom. The smallest absolute Gasteiger partial charge is 0.348 e.